The number of ether oxygens (including phenoxy) is 1. The zero-order valence-corrected chi connectivity index (χ0v) is 11.8. The monoisotopic (exact) mass is 277 g/mol. The number of likely N-dealkylation sites (tertiary alicyclic amines) is 1. The molecule has 0 aromatic heterocycles. The number of rotatable bonds is 3. The van der Waals surface area contributed by atoms with Crippen molar-refractivity contribution in [2.75, 3.05) is 20.2 Å². The molecule has 0 radical (unpaired) electrons. The second kappa shape index (κ2) is 5.53. The largest absolute Gasteiger partial charge is 0.497 e. The number of benzene rings is 1. The van der Waals surface area contributed by atoms with Crippen LogP contribution in [0.15, 0.2) is 24.3 Å². The Kier molecular flexibility index (Phi) is 3.97. The third kappa shape index (κ3) is 2.48. The van der Waals surface area contributed by atoms with Gasteiger partial charge in [0.2, 0.25) is 5.91 Å². The highest BCUT2D eigenvalue weighted by molar-refractivity contribution is 5.82. The average Bonchev–Trinajstić information content (AvgIpc) is 2.47. The third-order valence-electron chi connectivity index (χ3n) is 4.11. The Bertz CT molecular complexity index is 501. The van der Waals surface area contributed by atoms with E-state index in [4.69, 9.17) is 4.74 Å². The number of piperidine rings is 1. The van der Waals surface area contributed by atoms with Gasteiger partial charge in [0.25, 0.3) is 0 Å². The fourth-order valence-corrected chi connectivity index (χ4v) is 2.74. The Morgan fingerprint density at radius 1 is 1.20 bits per heavy atom. The standard InChI is InChI=1S/C15H19NO4/c1-11(17)16-9-7-15(8-10-16,14(18)19)12-3-5-13(20-2)6-4-12/h3-6H,7-10H2,1-2H3,(H,18,19). The summed E-state index contributed by atoms with van der Waals surface area (Å²) < 4.78 is 5.10. The van der Waals surface area contributed by atoms with E-state index in [-0.39, 0.29) is 5.91 Å². The zero-order valence-electron chi connectivity index (χ0n) is 11.8. The van der Waals surface area contributed by atoms with Crippen molar-refractivity contribution in [1.29, 1.82) is 0 Å². The van der Waals surface area contributed by atoms with Crippen molar-refractivity contribution in [1.82, 2.24) is 4.90 Å². The molecule has 20 heavy (non-hydrogen) atoms. The van der Waals surface area contributed by atoms with Gasteiger partial charge in [-0.25, -0.2) is 0 Å². The Morgan fingerprint density at radius 2 is 1.75 bits per heavy atom. The molecule has 1 aliphatic rings. The van der Waals surface area contributed by atoms with Gasteiger partial charge < -0.3 is 14.7 Å². The number of carboxylic acids is 1. The van der Waals surface area contributed by atoms with Crippen LogP contribution in [-0.2, 0) is 15.0 Å². The first kappa shape index (κ1) is 14.4. The van der Waals surface area contributed by atoms with Crippen LogP contribution >= 0.6 is 0 Å². The molecule has 1 aliphatic heterocycles. The van der Waals surface area contributed by atoms with Crippen LogP contribution in [0, 0.1) is 0 Å². The molecule has 0 spiro atoms. The average molecular weight is 277 g/mol. The summed E-state index contributed by atoms with van der Waals surface area (Å²) in [4.78, 5) is 24.8. The highest BCUT2D eigenvalue weighted by Gasteiger charge is 2.43. The Balaban J connectivity index is 2.27. The molecule has 1 fully saturated rings. The molecule has 0 saturated carbocycles. The Hall–Kier alpha value is -2.04. The van der Waals surface area contributed by atoms with Gasteiger partial charge in [0.05, 0.1) is 12.5 Å². The predicted octanol–water partition coefficient (Wildman–Crippen LogP) is 1.66. The molecule has 0 aliphatic carbocycles. The van der Waals surface area contributed by atoms with Gasteiger partial charge in [-0.3, -0.25) is 9.59 Å². The maximum Gasteiger partial charge on any atom is 0.314 e. The molecular formula is C15H19NO4. The van der Waals surface area contributed by atoms with Gasteiger partial charge in [-0.1, -0.05) is 12.1 Å². The number of amides is 1. The SMILES string of the molecule is COc1ccc(C2(C(=O)O)CCN(C(C)=O)CC2)cc1. The van der Waals surface area contributed by atoms with Crippen LogP contribution in [0.2, 0.25) is 0 Å². The Morgan fingerprint density at radius 3 is 2.15 bits per heavy atom. The summed E-state index contributed by atoms with van der Waals surface area (Å²) in [6.07, 6.45) is 0.877. The molecule has 108 valence electrons. The van der Waals surface area contributed by atoms with E-state index in [1.165, 1.54) is 6.92 Å². The first-order chi connectivity index (χ1) is 9.49. The summed E-state index contributed by atoms with van der Waals surface area (Å²) in [6.45, 7) is 2.47. The fraction of sp³-hybridized carbons (Fsp3) is 0.467. The van der Waals surface area contributed by atoms with Gasteiger partial charge in [-0.2, -0.15) is 0 Å². The van der Waals surface area contributed by atoms with Crippen molar-refractivity contribution in [3.8, 4) is 5.75 Å². The first-order valence-electron chi connectivity index (χ1n) is 6.63. The van der Waals surface area contributed by atoms with E-state index in [0.717, 1.165) is 5.56 Å². The van der Waals surface area contributed by atoms with Gasteiger partial charge in [0.15, 0.2) is 0 Å². The number of hydrogen-bond acceptors (Lipinski definition) is 3. The molecule has 5 nitrogen and oxygen atoms in total. The maximum absolute atomic E-state index is 11.8. The van der Waals surface area contributed by atoms with Crippen LogP contribution < -0.4 is 4.74 Å². The summed E-state index contributed by atoms with van der Waals surface area (Å²) in [5.74, 6) is -0.125. The van der Waals surface area contributed by atoms with Crippen molar-refractivity contribution in [2.24, 2.45) is 0 Å². The molecule has 2 rings (SSSR count). The van der Waals surface area contributed by atoms with Gasteiger partial charge in [0, 0.05) is 20.0 Å². The minimum Gasteiger partial charge on any atom is -0.497 e. The van der Waals surface area contributed by atoms with E-state index in [2.05, 4.69) is 0 Å². The van der Waals surface area contributed by atoms with Crippen molar-refractivity contribution >= 4 is 11.9 Å². The van der Waals surface area contributed by atoms with E-state index >= 15 is 0 Å². The second-order valence-electron chi connectivity index (χ2n) is 5.12. The summed E-state index contributed by atoms with van der Waals surface area (Å²) in [7, 11) is 1.58. The topological polar surface area (TPSA) is 66.8 Å². The third-order valence-corrected chi connectivity index (χ3v) is 4.11. The minimum absolute atomic E-state index is 0.00119. The van der Waals surface area contributed by atoms with Crippen LogP contribution in [0.3, 0.4) is 0 Å². The molecule has 0 atom stereocenters. The van der Waals surface area contributed by atoms with Gasteiger partial charge in [-0.15, -0.1) is 0 Å². The highest BCUT2D eigenvalue weighted by Crippen LogP contribution is 2.36. The van der Waals surface area contributed by atoms with Gasteiger partial charge in [-0.05, 0) is 30.5 Å². The molecule has 1 amide bonds. The zero-order chi connectivity index (χ0) is 14.8. The summed E-state index contributed by atoms with van der Waals surface area (Å²) in [6, 6.07) is 7.15. The summed E-state index contributed by atoms with van der Waals surface area (Å²) in [5, 5.41) is 9.66. The number of hydrogen-bond donors (Lipinski definition) is 1. The molecular weight excluding hydrogens is 258 g/mol. The molecule has 1 saturated heterocycles. The van der Waals surface area contributed by atoms with E-state index in [9.17, 15) is 14.7 Å². The van der Waals surface area contributed by atoms with Crippen LogP contribution in [0.4, 0.5) is 0 Å². The quantitative estimate of drug-likeness (QED) is 0.912. The lowest BCUT2D eigenvalue weighted by Gasteiger charge is -2.38. The van der Waals surface area contributed by atoms with E-state index in [1.807, 2.05) is 0 Å². The number of nitrogens with zero attached hydrogens (tertiary/aromatic N) is 1. The molecule has 1 N–H and O–H groups in total. The first-order valence-corrected chi connectivity index (χ1v) is 6.63. The number of carbonyl (C=O) groups excluding carboxylic acids is 1. The van der Waals surface area contributed by atoms with Crippen molar-refractivity contribution in [2.45, 2.75) is 25.2 Å². The smallest absolute Gasteiger partial charge is 0.314 e. The van der Waals surface area contributed by atoms with Crippen LogP contribution in [0.25, 0.3) is 0 Å². The van der Waals surface area contributed by atoms with Gasteiger partial charge in [0.1, 0.15) is 5.75 Å². The normalized spacial score (nSPS) is 17.6. The lowest BCUT2D eigenvalue weighted by Crippen LogP contribution is -2.48. The molecule has 1 heterocycles. The summed E-state index contributed by atoms with van der Waals surface area (Å²) in [5.41, 5.74) is -0.132. The lowest BCUT2D eigenvalue weighted by atomic mass is 9.73. The molecule has 0 bridgehead atoms. The van der Waals surface area contributed by atoms with E-state index < -0.39 is 11.4 Å². The minimum atomic E-state index is -0.905. The molecule has 5 heteroatoms. The summed E-state index contributed by atoms with van der Waals surface area (Å²) >= 11 is 0. The number of methoxy groups -OCH3 is 1. The van der Waals surface area contributed by atoms with Crippen molar-refractivity contribution in [3.05, 3.63) is 29.8 Å². The second-order valence-corrected chi connectivity index (χ2v) is 5.12. The fourth-order valence-electron chi connectivity index (χ4n) is 2.74. The van der Waals surface area contributed by atoms with Crippen LogP contribution in [-0.4, -0.2) is 42.1 Å². The predicted molar refractivity (Wildman–Crippen MR) is 73.8 cm³/mol. The molecule has 1 aromatic rings. The van der Waals surface area contributed by atoms with Gasteiger partial charge >= 0.3 is 5.97 Å². The van der Waals surface area contributed by atoms with E-state index in [0.29, 0.717) is 31.7 Å². The van der Waals surface area contributed by atoms with Crippen LogP contribution in [0.1, 0.15) is 25.3 Å². The number of aliphatic carboxylic acids is 1. The van der Waals surface area contributed by atoms with E-state index in [1.54, 1.807) is 36.3 Å². The lowest BCUT2D eigenvalue weighted by molar-refractivity contribution is -0.148. The maximum atomic E-state index is 11.8. The molecule has 1 aromatic carbocycles. The van der Waals surface area contributed by atoms with Crippen molar-refractivity contribution < 1.29 is 19.4 Å². The van der Waals surface area contributed by atoms with Crippen molar-refractivity contribution in [3.63, 3.8) is 0 Å². The number of carbonyl (C=O) groups is 2. The van der Waals surface area contributed by atoms with Crippen LogP contribution in [0.5, 0.6) is 5.75 Å². The Labute approximate surface area is 118 Å². The molecule has 0 unspecified atom stereocenters. The number of carboxylic acid groups (broad SMARTS) is 1. The highest BCUT2D eigenvalue weighted by atomic mass is 16.5.